The first kappa shape index (κ1) is 12.7. The summed E-state index contributed by atoms with van der Waals surface area (Å²) >= 11 is 5.66. The van der Waals surface area contributed by atoms with Crippen LogP contribution in [0.2, 0.25) is 5.02 Å². The zero-order valence-corrected chi connectivity index (χ0v) is 10.4. The summed E-state index contributed by atoms with van der Waals surface area (Å²) in [5, 5.41) is 2.97. The number of rotatable bonds is 4. The molecule has 0 spiro atoms. The van der Waals surface area contributed by atoms with Crippen molar-refractivity contribution in [3.63, 3.8) is 0 Å². The molecule has 2 aromatic rings. The molecule has 0 saturated carbocycles. The highest BCUT2D eigenvalue weighted by molar-refractivity contribution is 6.30. The standard InChI is InChI=1S/C12H11ClFN3O/c1-15-5-8-6-16-7-12(17-8)18-9-2-3-11(14)10(13)4-9/h2-4,6-7,15H,5H2,1H3. The highest BCUT2D eigenvalue weighted by Crippen LogP contribution is 2.24. The zero-order valence-electron chi connectivity index (χ0n) is 9.65. The molecule has 1 aromatic heterocycles. The Bertz CT molecular complexity index is 551. The smallest absolute Gasteiger partial charge is 0.238 e. The Kier molecular flexibility index (Phi) is 4.07. The van der Waals surface area contributed by atoms with Crippen LogP contribution < -0.4 is 10.1 Å². The SMILES string of the molecule is CNCc1cncc(Oc2ccc(F)c(Cl)c2)n1. The first-order valence-electron chi connectivity index (χ1n) is 5.27. The summed E-state index contributed by atoms with van der Waals surface area (Å²) in [6.45, 7) is 0.592. The summed E-state index contributed by atoms with van der Waals surface area (Å²) in [7, 11) is 1.81. The lowest BCUT2D eigenvalue weighted by Crippen LogP contribution is -2.07. The first-order valence-corrected chi connectivity index (χ1v) is 5.65. The van der Waals surface area contributed by atoms with Crippen molar-refractivity contribution in [2.24, 2.45) is 0 Å². The lowest BCUT2D eigenvalue weighted by atomic mass is 10.3. The average molecular weight is 268 g/mol. The highest BCUT2D eigenvalue weighted by Gasteiger charge is 2.04. The molecule has 0 fully saturated rings. The number of hydrogen-bond donors (Lipinski definition) is 1. The van der Waals surface area contributed by atoms with Crippen LogP contribution in [0.25, 0.3) is 0 Å². The fourth-order valence-corrected chi connectivity index (χ4v) is 1.53. The summed E-state index contributed by atoms with van der Waals surface area (Å²) < 4.78 is 18.4. The fourth-order valence-electron chi connectivity index (χ4n) is 1.36. The topological polar surface area (TPSA) is 47.0 Å². The molecule has 0 bridgehead atoms. The molecule has 0 aliphatic carbocycles. The van der Waals surface area contributed by atoms with Crippen LogP contribution in [-0.2, 0) is 6.54 Å². The van der Waals surface area contributed by atoms with Crippen molar-refractivity contribution in [3.8, 4) is 11.6 Å². The molecule has 18 heavy (non-hydrogen) atoms. The van der Waals surface area contributed by atoms with Gasteiger partial charge in [0.05, 0.1) is 16.9 Å². The monoisotopic (exact) mass is 267 g/mol. The van der Waals surface area contributed by atoms with E-state index < -0.39 is 5.82 Å². The minimum Gasteiger partial charge on any atom is -0.437 e. The highest BCUT2D eigenvalue weighted by atomic mass is 35.5. The summed E-state index contributed by atoms with van der Waals surface area (Å²) in [4.78, 5) is 8.23. The van der Waals surface area contributed by atoms with Gasteiger partial charge in [0.15, 0.2) is 0 Å². The molecule has 1 aromatic carbocycles. The lowest BCUT2D eigenvalue weighted by molar-refractivity contribution is 0.455. The third-order valence-electron chi connectivity index (χ3n) is 2.13. The largest absolute Gasteiger partial charge is 0.437 e. The lowest BCUT2D eigenvalue weighted by Gasteiger charge is -2.06. The number of benzene rings is 1. The number of nitrogens with zero attached hydrogens (tertiary/aromatic N) is 2. The second kappa shape index (κ2) is 5.75. The molecule has 0 radical (unpaired) electrons. The van der Waals surface area contributed by atoms with E-state index in [1.54, 1.807) is 6.20 Å². The maximum Gasteiger partial charge on any atom is 0.238 e. The Balaban J connectivity index is 2.17. The van der Waals surface area contributed by atoms with E-state index >= 15 is 0 Å². The molecule has 0 amide bonds. The maximum atomic E-state index is 13.0. The van der Waals surface area contributed by atoms with Crippen LogP contribution >= 0.6 is 11.6 Å². The van der Waals surface area contributed by atoms with Crippen LogP contribution in [0.5, 0.6) is 11.6 Å². The van der Waals surface area contributed by atoms with Crippen molar-refractivity contribution in [1.82, 2.24) is 15.3 Å². The van der Waals surface area contributed by atoms with Crippen LogP contribution in [0, 0.1) is 5.82 Å². The van der Waals surface area contributed by atoms with E-state index in [2.05, 4.69) is 15.3 Å². The van der Waals surface area contributed by atoms with E-state index in [1.165, 1.54) is 24.4 Å². The molecule has 0 aliphatic rings. The van der Waals surface area contributed by atoms with Gasteiger partial charge in [-0.3, -0.25) is 4.98 Å². The van der Waals surface area contributed by atoms with Gasteiger partial charge in [-0.25, -0.2) is 9.37 Å². The van der Waals surface area contributed by atoms with E-state index in [4.69, 9.17) is 16.3 Å². The predicted octanol–water partition coefficient (Wildman–Crippen LogP) is 2.78. The molecular weight excluding hydrogens is 257 g/mol. The molecule has 6 heteroatoms. The summed E-state index contributed by atoms with van der Waals surface area (Å²) in [6, 6.07) is 4.11. The maximum absolute atomic E-state index is 13.0. The second-order valence-corrected chi connectivity index (χ2v) is 3.96. The molecule has 0 atom stereocenters. The Morgan fingerprint density at radius 2 is 2.22 bits per heavy atom. The molecular formula is C12H11ClFN3O. The van der Waals surface area contributed by atoms with Crippen molar-refractivity contribution in [3.05, 3.63) is 47.1 Å². The molecule has 0 saturated heterocycles. The average Bonchev–Trinajstić information content (AvgIpc) is 2.35. The van der Waals surface area contributed by atoms with E-state index in [-0.39, 0.29) is 5.02 Å². The molecule has 1 N–H and O–H groups in total. The van der Waals surface area contributed by atoms with Gasteiger partial charge in [0.25, 0.3) is 0 Å². The van der Waals surface area contributed by atoms with Gasteiger partial charge in [0.1, 0.15) is 11.6 Å². The van der Waals surface area contributed by atoms with Gasteiger partial charge in [0.2, 0.25) is 5.88 Å². The molecule has 2 rings (SSSR count). The zero-order chi connectivity index (χ0) is 13.0. The van der Waals surface area contributed by atoms with Crippen LogP contribution in [0.1, 0.15) is 5.69 Å². The molecule has 1 heterocycles. The number of ether oxygens (including phenoxy) is 1. The van der Waals surface area contributed by atoms with Crippen molar-refractivity contribution in [2.75, 3.05) is 7.05 Å². The van der Waals surface area contributed by atoms with E-state index in [9.17, 15) is 4.39 Å². The fraction of sp³-hybridized carbons (Fsp3) is 0.167. The van der Waals surface area contributed by atoms with Gasteiger partial charge in [-0.1, -0.05) is 11.6 Å². The minimum absolute atomic E-state index is 0.00633. The number of halogens is 2. The number of hydrogen-bond acceptors (Lipinski definition) is 4. The third-order valence-corrected chi connectivity index (χ3v) is 2.42. The first-order chi connectivity index (χ1) is 8.69. The van der Waals surface area contributed by atoms with Crippen molar-refractivity contribution < 1.29 is 9.13 Å². The van der Waals surface area contributed by atoms with Gasteiger partial charge in [0, 0.05) is 18.8 Å². The number of nitrogens with one attached hydrogen (secondary N) is 1. The van der Waals surface area contributed by atoms with E-state index in [1.807, 2.05) is 7.05 Å². The minimum atomic E-state index is -0.487. The van der Waals surface area contributed by atoms with Gasteiger partial charge in [-0.2, -0.15) is 0 Å². The Morgan fingerprint density at radius 3 is 2.94 bits per heavy atom. The van der Waals surface area contributed by atoms with Gasteiger partial charge < -0.3 is 10.1 Å². The van der Waals surface area contributed by atoms with Gasteiger partial charge >= 0.3 is 0 Å². The normalized spacial score (nSPS) is 10.4. The molecule has 94 valence electrons. The molecule has 0 aliphatic heterocycles. The van der Waals surface area contributed by atoms with Gasteiger partial charge in [-0.05, 0) is 19.2 Å². The quantitative estimate of drug-likeness (QED) is 0.925. The molecule has 0 unspecified atom stereocenters. The van der Waals surface area contributed by atoms with Crippen LogP contribution in [0.4, 0.5) is 4.39 Å². The second-order valence-electron chi connectivity index (χ2n) is 3.56. The Labute approximate surface area is 109 Å². The van der Waals surface area contributed by atoms with Crippen molar-refractivity contribution in [1.29, 1.82) is 0 Å². The van der Waals surface area contributed by atoms with E-state index in [0.717, 1.165) is 5.69 Å². The van der Waals surface area contributed by atoms with Crippen LogP contribution in [-0.4, -0.2) is 17.0 Å². The summed E-state index contributed by atoms with van der Waals surface area (Å²) in [6.07, 6.45) is 3.12. The number of aromatic nitrogens is 2. The summed E-state index contributed by atoms with van der Waals surface area (Å²) in [5.74, 6) is 0.266. The molecule has 4 nitrogen and oxygen atoms in total. The van der Waals surface area contributed by atoms with Crippen molar-refractivity contribution >= 4 is 11.6 Å². The predicted molar refractivity (Wildman–Crippen MR) is 66.3 cm³/mol. The van der Waals surface area contributed by atoms with Crippen LogP contribution in [0.15, 0.2) is 30.6 Å². The van der Waals surface area contributed by atoms with Crippen molar-refractivity contribution in [2.45, 2.75) is 6.54 Å². The Morgan fingerprint density at radius 1 is 1.39 bits per heavy atom. The van der Waals surface area contributed by atoms with Gasteiger partial charge in [-0.15, -0.1) is 0 Å². The van der Waals surface area contributed by atoms with Crippen LogP contribution in [0.3, 0.4) is 0 Å². The summed E-state index contributed by atoms with van der Waals surface area (Å²) in [5.41, 5.74) is 0.753. The Hall–Kier alpha value is -1.72. The third kappa shape index (κ3) is 3.15. The van der Waals surface area contributed by atoms with E-state index in [0.29, 0.717) is 18.2 Å².